The molecular formula is C15H18FN3O2. The molecule has 1 saturated carbocycles. The second-order valence-corrected chi connectivity index (χ2v) is 5.40. The Hall–Kier alpha value is -1.79. The van der Waals surface area contributed by atoms with Crippen molar-refractivity contribution in [3.05, 3.63) is 30.3 Å². The highest BCUT2D eigenvalue weighted by molar-refractivity contribution is 5.88. The summed E-state index contributed by atoms with van der Waals surface area (Å²) >= 11 is 0. The van der Waals surface area contributed by atoms with E-state index in [2.05, 4.69) is 15.3 Å². The van der Waals surface area contributed by atoms with Gasteiger partial charge in [-0.15, -0.1) is 0 Å². The van der Waals surface area contributed by atoms with Crippen LogP contribution in [0.15, 0.2) is 24.5 Å². The predicted molar refractivity (Wildman–Crippen MR) is 77.5 cm³/mol. The summed E-state index contributed by atoms with van der Waals surface area (Å²) in [6, 6.07) is 4.35. The molecule has 0 spiro atoms. The van der Waals surface area contributed by atoms with Gasteiger partial charge in [-0.1, -0.05) is 0 Å². The maximum Gasteiger partial charge on any atom is 0.137 e. The Kier molecular flexibility index (Phi) is 4.26. The molecule has 6 heteroatoms. The Balaban J connectivity index is 1.57. The van der Waals surface area contributed by atoms with Crippen LogP contribution in [0.1, 0.15) is 12.8 Å². The fourth-order valence-electron chi connectivity index (χ4n) is 2.10. The van der Waals surface area contributed by atoms with E-state index in [9.17, 15) is 9.50 Å². The van der Waals surface area contributed by atoms with Crippen LogP contribution in [0.25, 0.3) is 10.9 Å². The van der Waals surface area contributed by atoms with E-state index in [-0.39, 0.29) is 5.82 Å². The number of benzene rings is 1. The quantitative estimate of drug-likeness (QED) is 0.816. The first-order chi connectivity index (χ1) is 10.2. The summed E-state index contributed by atoms with van der Waals surface area (Å²) in [4.78, 5) is 8.18. The molecule has 0 amide bonds. The van der Waals surface area contributed by atoms with E-state index in [1.807, 2.05) is 0 Å². The van der Waals surface area contributed by atoms with Gasteiger partial charge in [0.15, 0.2) is 0 Å². The third kappa shape index (κ3) is 3.86. The number of aliphatic hydroxyl groups is 1. The molecule has 0 bridgehead atoms. The molecule has 1 fully saturated rings. The van der Waals surface area contributed by atoms with E-state index in [4.69, 9.17) is 4.74 Å². The van der Waals surface area contributed by atoms with Crippen molar-refractivity contribution in [2.75, 3.05) is 25.1 Å². The molecule has 1 aliphatic rings. The van der Waals surface area contributed by atoms with E-state index in [1.54, 1.807) is 6.07 Å². The van der Waals surface area contributed by atoms with Gasteiger partial charge in [0.2, 0.25) is 0 Å². The largest absolute Gasteiger partial charge is 0.389 e. The van der Waals surface area contributed by atoms with Crippen LogP contribution in [0.2, 0.25) is 0 Å². The molecule has 2 aromatic rings. The SMILES string of the molecule is OC(CNc1ncnc2ccc(F)cc12)COCC1CC1. The number of hydrogen-bond acceptors (Lipinski definition) is 5. The van der Waals surface area contributed by atoms with Gasteiger partial charge < -0.3 is 15.2 Å². The predicted octanol–water partition coefficient (Wildman–Crippen LogP) is 1.97. The standard InChI is InChI=1S/C15H18FN3O2/c16-11-3-4-14-13(5-11)15(19-9-18-14)17-6-12(20)8-21-7-10-1-2-10/h3-5,9-10,12,20H,1-2,6-8H2,(H,17,18,19). The summed E-state index contributed by atoms with van der Waals surface area (Å²) in [6.45, 7) is 1.31. The Morgan fingerprint density at radius 1 is 1.38 bits per heavy atom. The maximum atomic E-state index is 13.3. The molecule has 1 aliphatic carbocycles. The Morgan fingerprint density at radius 3 is 3.05 bits per heavy atom. The zero-order valence-corrected chi connectivity index (χ0v) is 11.6. The van der Waals surface area contributed by atoms with Crippen LogP contribution >= 0.6 is 0 Å². The zero-order chi connectivity index (χ0) is 14.7. The highest BCUT2D eigenvalue weighted by Crippen LogP contribution is 2.28. The summed E-state index contributed by atoms with van der Waals surface area (Å²) in [5.74, 6) is 0.855. The smallest absolute Gasteiger partial charge is 0.137 e. The number of nitrogens with one attached hydrogen (secondary N) is 1. The molecule has 21 heavy (non-hydrogen) atoms. The third-order valence-electron chi connectivity index (χ3n) is 3.46. The van der Waals surface area contributed by atoms with E-state index in [0.717, 1.165) is 6.61 Å². The molecule has 1 unspecified atom stereocenters. The molecule has 1 aromatic carbocycles. The van der Waals surface area contributed by atoms with E-state index >= 15 is 0 Å². The molecule has 0 saturated heterocycles. The zero-order valence-electron chi connectivity index (χ0n) is 11.6. The number of aliphatic hydroxyl groups excluding tert-OH is 1. The number of halogens is 1. The van der Waals surface area contributed by atoms with E-state index in [1.165, 1.54) is 31.3 Å². The van der Waals surface area contributed by atoms with E-state index < -0.39 is 6.10 Å². The van der Waals surface area contributed by atoms with Crippen LogP contribution in [-0.4, -0.2) is 40.9 Å². The lowest BCUT2D eigenvalue weighted by Gasteiger charge is -2.13. The third-order valence-corrected chi connectivity index (χ3v) is 3.46. The van der Waals surface area contributed by atoms with Crippen LogP contribution in [0, 0.1) is 11.7 Å². The first-order valence-electron chi connectivity index (χ1n) is 7.12. The lowest BCUT2D eigenvalue weighted by molar-refractivity contribution is 0.0386. The molecule has 0 aliphatic heterocycles. The molecule has 5 nitrogen and oxygen atoms in total. The molecular weight excluding hydrogens is 273 g/mol. The maximum absolute atomic E-state index is 13.3. The van der Waals surface area contributed by atoms with Gasteiger partial charge in [0.1, 0.15) is 18.0 Å². The lowest BCUT2D eigenvalue weighted by Crippen LogP contribution is -2.25. The van der Waals surface area contributed by atoms with Crippen LogP contribution < -0.4 is 5.32 Å². The number of rotatable bonds is 7. The lowest BCUT2D eigenvalue weighted by atomic mass is 10.2. The number of fused-ring (bicyclic) bond motifs is 1. The average Bonchev–Trinajstić information content (AvgIpc) is 3.29. The first-order valence-corrected chi connectivity index (χ1v) is 7.12. The Labute approximate surface area is 122 Å². The second kappa shape index (κ2) is 6.32. The van der Waals surface area contributed by atoms with Gasteiger partial charge in [-0.25, -0.2) is 14.4 Å². The van der Waals surface area contributed by atoms with Crippen molar-refractivity contribution in [2.24, 2.45) is 5.92 Å². The van der Waals surface area contributed by atoms with Crippen LogP contribution in [0.4, 0.5) is 10.2 Å². The molecule has 1 aromatic heterocycles. The summed E-state index contributed by atoms with van der Waals surface area (Å²) in [7, 11) is 0. The molecule has 1 heterocycles. The number of nitrogens with zero attached hydrogens (tertiary/aromatic N) is 2. The van der Waals surface area contributed by atoms with Crippen molar-refractivity contribution in [3.63, 3.8) is 0 Å². The molecule has 2 N–H and O–H groups in total. The van der Waals surface area contributed by atoms with Gasteiger partial charge in [-0.2, -0.15) is 0 Å². The molecule has 0 radical (unpaired) electrons. The average molecular weight is 291 g/mol. The van der Waals surface area contributed by atoms with Crippen LogP contribution in [0.5, 0.6) is 0 Å². The topological polar surface area (TPSA) is 67.3 Å². The summed E-state index contributed by atoms with van der Waals surface area (Å²) in [5.41, 5.74) is 0.661. The van der Waals surface area contributed by atoms with Gasteiger partial charge in [0, 0.05) is 18.5 Å². The van der Waals surface area contributed by atoms with Crippen LogP contribution in [0.3, 0.4) is 0 Å². The highest BCUT2D eigenvalue weighted by atomic mass is 19.1. The van der Waals surface area contributed by atoms with Crippen molar-refractivity contribution in [2.45, 2.75) is 18.9 Å². The van der Waals surface area contributed by atoms with Gasteiger partial charge in [-0.3, -0.25) is 0 Å². The van der Waals surface area contributed by atoms with Crippen molar-refractivity contribution >= 4 is 16.7 Å². The summed E-state index contributed by atoms with van der Waals surface area (Å²) in [6.07, 6.45) is 3.25. The first kappa shape index (κ1) is 14.2. The molecule has 3 rings (SSSR count). The minimum atomic E-state index is -0.623. The van der Waals surface area contributed by atoms with Gasteiger partial charge in [-0.05, 0) is 37.0 Å². The minimum absolute atomic E-state index is 0.293. The number of aromatic nitrogens is 2. The summed E-state index contributed by atoms with van der Waals surface area (Å²) in [5, 5.41) is 13.5. The van der Waals surface area contributed by atoms with Crippen molar-refractivity contribution in [1.29, 1.82) is 0 Å². The van der Waals surface area contributed by atoms with Crippen molar-refractivity contribution < 1.29 is 14.2 Å². The normalized spacial score (nSPS) is 16.1. The highest BCUT2D eigenvalue weighted by Gasteiger charge is 2.21. The van der Waals surface area contributed by atoms with Crippen molar-refractivity contribution in [3.8, 4) is 0 Å². The fourth-order valence-corrected chi connectivity index (χ4v) is 2.10. The van der Waals surface area contributed by atoms with Crippen LogP contribution in [-0.2, 0) is 4.74 Å². The van der Waals surface area contributed by atoms with Gasteiger partial charge in [0.25, 0.3) is 0 Å². The monoisotopic (exact) mass is 291 g/mol. The summed E-state index contributed by atoms with van der Waals surface area (Å²) < 4.78 is 18.7. The van der Waals surface area contributed by atoms with Crippen molar-refractivity contribution in [1.82, 2.24) is 9.97 Å². The van der Waals surface area contributed by atoms with Gasteiger partial charge in [0.05, 0.1) is 18.2 Å². The fraction of sp³-hybridized carbons (Fsp3) is 0.467. The molecule has 1 atom stereocenters. The molecule has 112 valence electrons. The number of anilines is 1. The van der Waals surface area contributed by atoms with E-state index in [0.29, 0.717) is 35.8 Å². The Morgan fingerprint density at radius 2 is 2.24 bits per heavy atom. The Bertz CT molecular complexity index is 619. The number of hydrogen-bond donors (Lipinski definition) is 2. The minimum Gasteiger partial charge on any atom is -0.389 e. The second-order valence-electron chi connectivity index (χ2n) is 5.40. The van der Waals surface area contributed by atoms with Gasteiger partial charge >= 0.3 is 0 Å². The number of ether oxygens (including phenoxy) is 1.